The van der Waals surface area contributed by atoms with Gasteiger partial charge >= 0.3 is 0 Å². The van der Waals surface area contributed by atoms with Gasteiger partial charge in [0.1, 0.15) is 5.82 Å². The first kappa shape index (κ1) is 22.0. The van der Waals surface area contributed by atoms with Gasteiger partial charge in [0.25, 0.3) is 10.0 Å². The van der Waals surface area contributed by atoms with Crippen LogP contribution in [0.2, 0.25) is 0 Å². The van der Waals surface area contributed by atoms with Gasteiger partial charge in [-0.2, -0.15) is 0 Å². The Balaban J connectivity index is 1.62. The number of rotatable bonds is 7. The molecule has 3 rings (SSSR count). The molecule has 0 saturated heterocycles. The molecule has 0 atom stereocenters. The van der Waals surface area contributed by atoms with Crippen LogP contribution >= 0.6 is 15.9 Å². The maximum atomic E-state index is 13.0. The number of nitrogens with one attached hydrogen (secondary N) is 1. The van der Waals surface area contributed by atoms with Gasteiger partial charge in [-0.05, 0) is 53.6 Å². The molecule has 0 aliphatic rings. The number of likely N-dealkylation sites (N-methyl/N-ethyl adjacent to an activating group) is 1. The Morgan fingerprint density at radius 1 is 1.00 bits per heavy atom. The number of hydrogen-bond donors (Lipinski definition) is 1. The van der Waals surface area contributed by atoms with Crippen LogP contribution in [-0.2, 0) is 27.8 Å². The van der Waals surface area contributed by atoms with Crippen LogP contribution in [0.25, 0.3) is 0 Å². The fraction of sp³-hybridized carbons (Fsp3) is 0.136. The van der Waals surface area contributed by atoms with E-state index in [4.69, 9.17) is 0 Å². The summed E-state index contributed by atoms with van der Waals surface area (Å²) in [5.74, 6) is -0.557. The van der Waals surface area contributed by atoms with E-state index in [0.29, 0.717) is 12.2 Å². The minimum Gasteiger partial charge on any atom is -0.341 e. The predicted molar refractivity (Wildman–Crippen MR) is 118 cm³/mol. The summed E-state index contributed by atoms with van der Waals surface area (Å²) in [6.45, 7) is 0.482. The lowest BCUT2D eigenvalue weighted by Crippen LogP contribution is -2.27. The van der Waals surface area contributed by atoms with Gasteiger partial charge in [0.15, 0.2) is 0 Å². The molecule has 30 heavy (non-hydrogen) atoms. The Morgan fingerprint density at radius 3 is 2.27 bits per heavy atom. The van der Waals surface area contributed by atoms with E-state index in [9.17, 15) is 17.6 Å². The number of anilines is 1. The maximum Gasteiger partial charge on any atom is 0.261 e. The number of halogens is 2. The standard InChI is InChI=1S/C22H20BrFN2O3S/c1-26(15-17-4-2-3-5-21(17)23)22(27)14-16-6-10-19(11-7-16)25-30(28,29)20-12-8-18(24)9-13-20/h2-13,25H,14-15H2,1H3. The molecule has 0 bridgehead atoms. The summed E-state index contributed by atoms with van der Waals surface area (Å²) < 4.78 is 41.1. The molecule has 0 aromatic heterocycles. The summed E-state index contributed by atoms with van der Waals surface area (Å²) in [4.78, 5) is 14.1. The number of carbonyl (C=O) groups is 1. The van der Waals surface area contributed by atoms with E-state index in [2.05, 4.69) is 20.7 Å². The average Bonchev–Trinajstić information content (AvgIpc) is 2.71. The van der Waals surface area contributed by atoms with Crippen molar-refractivity contribution in [2.75, 3.05) is 11.8 Å². The fourth-order valence-corrected chi connectivity index (χ4v) is 4.27. The average molecular weight is 491 g/mol. The largest absolute Gasteiger partial charge is 0.341 e. The van der Waals surface area contributed by atoms with Crippen molar-refractivity contribution in [1.29, 1.82) is 0 Å². The van der Waals surface area contributed by atoms with Gasteiger partial charge in [0.2, 0.25) is 5.91 Å². The first-order chi connectivity index (χ1) is 14.2. The quantitative estimate of drug-likeness (QED) is 0.526. The van der Waals surface area contributed by atoms with Gasteiger partial charge in [-0.15, -0.1) is 0 Å². The molecule has 8 heteroatoms. The topological polar surface area (TPSA) is 66.5 Å². The second-order valence-corrected chi connectivity index (χ2v) is 9.31. The van der Waals surface area contributed by atoms with Crippen molar-refractivity contribution < 1.29 is 17.6 Å². The summed E-state index contributed by atoms with van der Waals surface area (Å²) in [5.41, 5.74) is 2.14. The van der Waals surface area contributed by atoms with Crippen molar-refractivity contribution >= 4 is 37.5 Å². The van der Waals surface area contributed by atoms with Crippen LogP contribution in [0.15, 0.2) is 82.2 Å². The second kappa shape index (κ2) is 9.40. The van der Waals surface area contributed by atoms with E-state index in [1.54, 1.807) is 36.2 Å². The highest BCUT2D eigenvalue weighted by Gasteiger charge is 2.15. The fourth-order valence-electron chi connectivity index (χ4n) is 2.80. The monoisotopic (exact) mass is 490 g/mol. The molecule has 5 nitrogen and oxygen atoms in total. The van der Waals surface area contributed by atoms with Crippen LogP contribution in [-0.4, -0.2) is 26.3 Å². The summed E-state index contributed by atoms with van der Waals surface area (Å²) in [6.07, 6.45) is 0.200. The predicted octanol–water partition coefficient (Wildman–Crippen LogP) is 4.59. The highest BCUT2D eigenvalue weighted by atomic mass is 79.9. The molecule has 0 spiro atoms. The molecule has 3 aromatic carbocycles. The molecule has 0 radical (unpaired) electrons. The number of amides is 1. The minimum absolute atomic E-state index is 0.0307. The first-order valence-corrected chi connectivity index (χ1v) is 11.4. The molecule has 1 amide bonds. The zero-order valence-corrected chi connectivity index (χ0v) is 18.6. The maximum absolute atomic E-state index is 13.0. The summed E-state index contributed by atoms with van der Waals surface area (Å²) in [5, 5.41) is 0. The van der Waals surface area contributed by atoms with Crippen LogP contribution in [0.4, 0.5) is 10.1 Å². The van der Waals surface area contributed by atoms with Crippen molar-refractivity contribution in [1.82, 2.24) is 4.90 Å². The number of sulfonamides is 1. The van der Waals surface area contributed by atoms with E-state index in [0.717, 1.165) is 27.7 Å². The molecule has 156 valence electrons. The molecule has 0 heterocycles. The Labute approximate surface area is 183 Å². The van der Waals surface area contributed by atoms with Crippen molar-refractivity contribution in [3.05, 3.63) is 94.2 Å². The Morgan fingerprint density at radius 2 is 1.63 bits per heavy atom. The van der Waals surface area contributed by atoms with Gasteiger partial charge < -0.3 is 4.90 Å². The number of carbonyl (C=O) groups excluding carboxylic acids is 1. The highest BCUT2D eigenvalue weighted by molar-refractivity contribution is 9.10. The molecular formula is C22H20BrFN2O3S. The first-order valence-electron chi connectivity index (χ1n) is 9.09. The van der Waals surface area contributed by atoms with Crippen molar-refractivity contribution in [3.8, 4) is 0 Å². The van der Waals surface area contributed by atoms with Crippen LogP contribution < -0.4 is 4.72 Å². The summed E-state index contributed by atoms with van der Waals surface area (Å²) in [6, 6.07) is 18.9. The summed E-state index contributed by atoms with van der Waals surface area (Å²) >= 11 is 3.48. The summed E-state index contributed by atoms with van der Waals surface area (Å²) in [7, 11) is -2.07. The molecule has 0 aliphatic carbocycles. The molecule has 1 N–H and O–H groups in total. The zero-order chi connectivity index (χ0) is 21.7. The number of nitrogens with zero attached hydrogens (tertiary/aromatic N) is 1. The lowest BCUT2D eigenvalue weighted by atomic mass is 10.1. The third-order valence-electron chi connectivity index (χ3n) is 4.48. The van der Waals surface area contributed by atoms with E-state index < -0.39 is 15.8 Å². The third-order valence-corrected chi connectivity index (χ3v) is 6.65. The van der Waals surface area contributed by atoms with Gasteiger partial charge in [0, 0.05) is 23.8 Å². The van der Waals surface area contributed by atoms with Gasteiger partial charge in [-0.1, -0.05) is 46.3 Å². The minimum atomic E-state index is -3.81. The molecule has 0 aliphatic heterocycles. The third kappa shape index (κ3) is 5.67. The Kier molecular flexibility index (Phi) is 6.89. The Hall–Kier alpha value is -2.71. The smallest absolute Gasteiger partial charge is 0.261 e. The van der Waals surface area contributed by atoms with Gasteiger partial charge in [-0.3, -0.25) is 9.52 Å². The van der Waals surface area contributed by atoms with E-state index >= 15 is 0 Å². The van der Waals surface area contributed by atoms with Crippen LogP contribution in [0.3, 0.4) is 0 Å². The van der Waals surface area contributed by atoms with E-state index in [-0.39, 0.29) is 17.2 Å². The van der Waals surface area contributed by atoms with Crippen molar-refractivity contribution in [2.24, 2.45) is 0 Å². The van der Waals surface area contributed by atoms with Crippen LogP contribution in [0.1, 0.15) is 11.1 Å². The lowest BCUT2D eigenvalue weighted by molar-refractivity contribution is -0.129. The normalized spacial score (nSPS) is 11.2. The van der Waals surface area contributed by atoms with E-state index in [1.165, 1.54) is 12.1 Å². The van der Waals surface area contributed by atoms with Gasteiger partial charge in [-0.25, -0.2) is 12.8 Å². The van der Waals surface area contributed by atoms with Crippen molar-refractivity contribution in [2.45, 2.75) is 17.9 Å². The van der Waals surface area contributed by atoms with E-state index in [1.807, 2.05) is 24.3 Å². The highest BCUT2D eigenvalue weighted by Crippen LogP contribution is 2.19. The Bertz CT molecular complexity index is 1130. The lowest BCUT2D eigenvalue weighted by Gasteiger charge is -2.18. The van der Waals surface area contributed by atoms with Crippen LogP contribution in [0.5, 0.6) is 0 Å². The molecule has 3 aromatic rings. The molecular weight excluding hydrogens is 471 g/mol. The molecule has 0 saturated carbocycles. The van der Waals surface area contributed by atoms with Gasteiger partial charge in [0.05, 0.1) is 11.3 Å². The van der Waals surface area contributed by atoms with Crippen LogP contribution in [0, 0.1) is 5.82 Å². The second-order valence-electron chi connectivity index (χ2n) is 6.77. The molecule has 0 unspecified atom stereocenters. The number of hydrogen-bond acceptors (Lipinski definition) is 3. The number of benzene rings is 3. The van der Waals surface area contributed by atoms with Crippen molar-refractivity contribution in [3.63, 3.8) is 0 Å². The SMILES string of the molecule is CN(Cc1ccccc1Br)C(=O)Cc1ccc(NS(=O)(=O)c2ccc(F)cc2)cc1. The zero-order valence-electron chi connectivity index (χ0n) is 16.2. The molecule has 0 fully saturated rings.